The second kappa shape index (κ2) is 10.8. The fourth-order valence-electron chi connectivity index (χ4n) is 11.1. The molecule has 10 heteroatoms. The van der Waals surface area contributed by atoms with Crippen molar-refractivity contribution in [1.82, 2.24) is 0 Å². The lowest BCUT2D eigenvalue weighted by atomic mass is 9.44. The summed E-state index contributed by atoms with van der Waals surface area (Å²) in [5, 5.41) is 0. The predicted octanol–water partition coefficient (Wildman–Crippen LogP) is 3.38. The van der Waals surface area contributed by atoms with Crippen molar-refractivity contribution < 1.29 is 47.6 Å². The molecule has 1 aliphatic heterocycles. The molecule has 0 aromatic heterocycles. The standard InChI is InChI=1S/C32H44O10/c33-25-29-11-21-9-22(12-29)14-30(13-21,19-29)27(35)41-7-3-38-4-8-42-28(36)32-17-23-10-24(18-32)16-31(15-23,20-32)26(34)40-6-2-37-1-5-39-25/h21-24H,1-20H2. The monoisotopic (exact) mass is 588 g/mol. The van der Waals surface area contributed by atoms with E-state index in [1.165, 1.54) is 0 Å². The Hall–Kier alpha value is -2.20. The van der Waals surface area contributed by atoms with Crippen LogP contribution < -0.4 is 0 Å². The summed E-state index contributed by atoms with van der Waals surface area (Å²) in [5.74, 6) is 0.380. The first-order chi connectivity index (χ1) is 20.2. The fourth-order valence-corrected chi connectivity index (χ4v) is 11.1. The van der Waals surface area contributed by atoms with Crippen molar-refractivity contribution in [3.8, 4) is 0 Å². The third-order valence-corrected chi connectivity index (χ3v) is 11.7. The molecule has 9 fully saturated rings. The zero-order valence-corrected chi connectivity index (χ0v) is 24.5. The Kier molecular flexibility index (Phi) is 7.31. The first kappa shape index (κ1) is 28.6. The molecule has 9 aliphatic rings. The van der Waals surface area contributed by atoms with Gasteiger partial charge >= 0.3 is 23.9 Å². The van der Waals surface area contributed by atoms with Crippen LogP contribution in [0, 0.1) is 45.3 Å². The van der Waals surface area contributed by atoms with Gasteiger partial charge in [0, 0.05) is 0 Å². The molecule has 42 heavy (non-hydrogen) atoms. The number of carbonyl (C=O) groups is 4. The van der Waals surface area contributed by atoms with Gasteiger partial charge in [0.1, 0.15) is 26.4 Å². The second-order valence-corrected chi connectivity index (χ2v) is 14.8. The number of esters is 4. The molecule has 0 N–H and O–H groups in total. The maximum absolute atomic E-state index is 13.4. The van der Waals surface area contributed by atoms with Gasteiger partial charge in [0.25, 0.3) is 0 Å². The highest BCUT2D eigenvalue weighted by atomic mass is 16.6. The zero-order valence-electron chi connectivity index (χ0n) is 24.5. The molecular weight excluding hydrogens is 544 g/mol. The molecule has 4 spiro atoms. The Morgan fingerprint density at radius 3 is 0.857 bits per heavy atom. The molecule has 0 atom stereocenters. The third-order valence-electron chi connectivity index (χ3n) is 11.7. The minimum absolute atomic E-state index is 0.122. The van der Waals surface area contributed by atoms with E-state index in [9.17, 15) is 19.2 Å². The van der Waals surface area contributed by atoms with Crippen LogP contribution in [0.2, 0.25) is 0 Å². The summed E-state index contributed by atoms with van der Waals surface area (Å²) in [7, 11) is 0. The zero-order chi connectivity index (χ0) is 29.0. The summed E-state index contributed by atoms with van der Waals surface area (Å²) in [6.07, 6.45) is 9.17. The largest absolute Gasteiger partial charge is 0.463 e. The highest BCUT2D eigenvalue weighted by Gasteiger charge is 2.65. The van der Waals surface area contributed by atoms with E-state index in [1.807, 2.05) is 0 Å². The van der Waals surface area contributed by atoms with Crippen LogP contribution in [0.5, 0.6) is 0 Å². The molecule has 8 saturated carbocycles. The average Bonchev–Trinajstić information content (AvgIpc) is 2.93. The van der Waals surface area contributed by atoms with Crippen molar-refractivity contribution in [2.75, 3.05) is 52.9 Å². The van der Waals surface area contributed by atoms with Crippen LogP contribution in [0.1, 0.15) is 77.0 Å². The van der Waals surface area contributed by atoms with E-state index >= 15 is 0 Å². The number of cyclic esters (lactones) is 4. The Bertz CT molecular complexity index is 925. The molecule has 0 amide bonds. The normalized spacial score (nSPS) is 46.3. The summed E-state index contributed by atoms with van der Waals surface area (Å²) < 4.78 is 34.2. The van der Waals surface area contributed by atoms with Crippen LogP contribution in [0.3, 0.4) is 0 Å². The molecule has 9 rings (SSSR count). The molecule has 1 heterocycles. The smallest absolute Gasteiger partial charge is 0.312 e. The first-order valence-electron chi connectivity index (χ1n) is 16.1. The molecule has 8 bridgehead atoms. The number of carbonyl (C=O) groups excluding carboxylic acids is 4. The van der Waals surface area contributed by atoms with Crippen molar-refractivity contribution in [3.05, 3.63) is 0 Å². The fraction of sp³-hybridized carbons (Fsp3) is 0.875. The van der Waals surface area contributed by atoms with E-state index in [2.05, 4.69) is 0 Å². The number of hydrogen-bond acceptors (Lipinski definition) is 10. The topological polar surface area (TPSA) is 124 Å². The van der Waals surface area contributed by atoms with Crippen LogP contribution in [0.25, 0.3) is 0 Å². The lowest BCUT2D eigenvalue weighted by Crippen LogP contribution is -2.58. The maximum atomic E-state index is 13.4. The minimum Gasteiger partial charge on any atom is -0.463 e. The van der Waals surface area contributed by atoms with Gasteiger partial charge < -0.3 is 28.4 Å². The van der Waals surface area contributed by atoms with E-state index in [4.69, 9.17) is 28.4 Å². The third kappa shape index (κ3) is 4.94. The number of hydrogen-bond donors (Lipinski definition) is 0. The number of rotatable bonds is 0. The van der Waals surface area contributed by atoms with Crippen LogP contribution in [0.15, 0.2) is 0 Å². The van der Waals surface area contributed by atoms with E-state index < -0.39 is 21.7 Å². The van der Waals surface area contributed by atoms with Gasteiger partial charge in [-0.1, -0.05) is 0 Å². The number of ether oxygens (including phenoxy) is 6. The van der Waals surface area contributed by atoms with Gasteiger partial charge in [-0.25, -0.2) is 0 Å². The summed E-state index contributed by atoms with van der Waals surface area (Å²) in [4.78, 5) is 53.5. The van der Waals surface area contributed by atoms with Crippen LogP contribution in [-0.2, 0) is 47.6 Å². The lowest BCUT2D eigenvalue weighted by Gasteiger charge is -2.59. The Labute approximate surface area is 246 Å². The average molecular weight is 589 g/mol. The van der Waals surface area contributed by atoms with Gasteiger partial charge in [-0.2, -0.15) is 0 Å². The van der Waals surface area contributed by atoms with Crippen molar-refractivity contribution in [2.45, 2.75) is 77.0 Å². The van der Waals surface area contributed by atoms with Gasteiger partial charge in [0.15, 0.2) is 0 Å². The molecule has 0 radical (unpaired) electrons. The van der Waals surface area contributed by atoms with Crippen LogP contribution in [-0.4, -0.2) is 76.7 Å². The molecule has 0 aromatic rings. The summed E-state index contributed by atoms with van der Waals surface area (Å²) in [6, 6.07) is 0. The molecule has 0 unspecified atom stereocenters. The van der Waals surface area contributed by atoms with Gasteiger partial charge in [0.2, 0.25) is 0 Å². The molecule has 10 nitrogen and oxygen atoms in total. The van der Waals surface area contributed by atoms with E-state index in [-0.39, 0.29) is 76.7 Å². The van der Waals surface area contributed by atoms with Gasteiger partial charge in [0.05, 0.1) is 48.1 Å². The maximum Gasteiger partial charge on any atom is 0.312 e. The Balaban J connectivity index is 1.02. The molecule has 232 valence electrons. The van der Waals surface area contributed by atoms with Crippen molar-refractivity contribution in [2.24, 2.45) is 45.3 Å². The first-order valence-corrected chi connectivity index (χ1v) is 16.1. The SMILES string of the molecule is O=C1OCCOCCOC(=O)C23CC4CC(C2)CC(C4)(C3)C(=O)OCCOCCOC(=O)C23CC4CC(CC1(C4)C2)C3. The summed E-state index contributed by atoms with van der Waals surface area (Å²) in [6.45, 7) is 1.33. The van der Waals surface area contributed by atoms with Crippen LogP contribution >= 0.6 is 0 Å². The van der Waals surface area contributed by atoms with E-state index in [1.54, 1.807) is 0 Å². The minimum atomic E-state index is -0.637. The Morgan fingerprint density at radius 2 is 0.619 bits per heavy atom. The quantitative estimate of drug-likeness (QED) is 0.307. The Morgan fingerprint density at radius 1 is 0.381 bits per heavy atom. The van der Waals surface area contributed by atoms with Crippen LogP contribution in [0.4, 0.5) is 0 Å². The van der Waals surface area contributed by atoms with Gasteiger partial charge in [-0.05, 0) is 101 Å². The second-order valence-electron chi connectivity index (χ2n) is 14.8. The van der Waals surface area contributed by atoms with Gasteiger partial charge in [-0.15, -0.1) is 0 Å². The van der Waals surface area contributed by atoms with Crippen molar-refractivity contribution in [1.29, 1.82) is 0 Å². The highest BCUT2D eigenvalue weighted by molar-refractivity contribution is 5.84. The summed E-state index contributed by atoms with van der Waals surface area (Å²) in [5.41, 5.74) is -2.55. The molecule has 1 saturated heterocycles. The molecule has 0 aromatic carbocycles. The molecular formula is C32H44O10. The lowest BCUT2D eigenvalue weighted by molar-refractivity contribution is -0.196. The predicted molar refractivity (Wildman–Crippen MR) is 145 cm³/mol. The van der Waals surface area contributed by atoms with E-state index in [0.717, 1.165) is 64.2 Å². The summed E-state index contributed by atoms with van der Waals surface area (Å²) >= 11 is 0. The van der Waals surface area contributed by atoms with Crippen molar-refractivity contribution in [3.63, 3.8) is 0 Å². The van der Waals surface area contributed by atoms with E-state index in [0.29, 0.717) is 36.5 Å². The van der Waals surface area contributed by atoms with Crippen molar-refractivity contribution >= 4 is 23.9 Å². The van der Waals surface area contributed by atoms with Gasteiger partial charge in [-0.3, -0.25) is 19.2 Å². The molecule has 8 aliphatic carbocycles. The highest BCUT2D eigenvalue weighted by Crippen LogP contribution is 2.67.